The number of piperidine rings is 1. The minimum absolute atomic E-state index is 0.743. The summed E-state index contributed by atoms with van der Waals surface area (Å²) in [7, 11) is 2.35. The Bertz CT molecular complexity index is 626. The number of nitrogens with zero attached hydrogens (tertiary/aromatic N) is 3. The van der Waals surface area contributed by atoms with Crippen molar-refractivity contribution in [3.05, 3.63) is 29.5 Å². The van der Waals surface area contributed by atoms with Crippen molar-refractivity contribution in [2.45, 2.75) is 33.1 Å². The molecule has 4 heteroatoms. The summed E-state index contributed by atoms with van der Waals surface area (Å²) in [6.07, 6.45) is 4.09. The molecule has 1 fully saturated rings. The summed E-state index contributed by atoms with van der Waals surface area (Å²) in [5.74, 6) is 0.743. The molecule has 2 aromatic rings. The maximum Gasteiger partial charge on any atom is 0.234 e. The number of quaternary nitrogens is 1. The van der Waals surface area contributed by atoms with E-state index in [0.717, 1.165) is 29.0 Å². The third kappa shape index (κ3) is 3.05. The van der Waals surface area contributed by atoms with E-state index in [4.69, 9.17) is 4.74 Å². The number of ether oxygens (including phenoxy) is 1. The molecule has 0 amide bonds. The Hall–Kier alpha value is -1.55. The smallest absolute Gasteiger partial charge is 0.234 e. The van der Waals surface area contributed by atoms with Crippen molar-refractivity contribution in [1.82, 2.24) is 9.61 Å². The normalized spacial score (nSPS) is 18.0. The van der Waals surface area contributed by atoms with E-state index in [2.05, 4.69) is 38.1 Å². The average molecular weight is 288 g/mol. The lowest BCUT2D eigenvalue weighted by molar-refractivity contribution is -0.914. The largest absolute Gasteiger partial charge is 0.471 e. The van der Waals surface area contributed by atoms with Crippen LogP contribution in [0.25, 0.3) is 5.52 Å². The fourth-order valence-corrected chi connectivity index (χ4v) is 3.20. The summed E-state index contributed by atoms with van der Waals surface area (Å²) in [6, 6.07) is 6.26. The van der Waals surface area contributed by atoms with Crippen molar-refractivity contribution >= 4 is 5.52 Å². The molecule has 0 aliphatic carbocycles. The second-order valence-corrected chi connectivity index (χ2v) is 6.62. The first-order valence-electron chi connectivity index (χ1n) is 8.00. The molecule has 0 saturated carbocycles. The van der Waals surface area contributed by atoms with Gasteiger partial charge in [-0.1, -0.05) is 6.07 Å². The third-order valence-electron chi connectivity index (χ3n) is 4.88. The lowest BCUT2D eigenvalue weighted by atomic mass is 10.1. The molecular weight excluding hydrogens is 262 g/mol. The van der Waals surface area contributed by atoms with Gasteiger partial charge in [-0.25, -0.2) is 4.52 Å². The van der Waals surface area contributed by atoms with E-state index in [-0.39, 0.29) is 0 Å². The standard InChI is InChI=1S/C17H26N3O/c1-14-7-8-16-13-17(18-19(16)15(14)2)21-12-11-20(3)9-5-4-6-10-20/h7-8,13H,4-6,9-12H2,1-3H3/q+1. The molecule has 4 nitrogen and oxygen atoms in total. The van der Waals surface area contributed by atoms with E-state index in [9.17, 15) is 0 Å². The maximum absolute atomic E-state index is 5.91. The summed E-state index contributed by atoms with van der Waals surface area (Å²) in [4.78, 5) is 0. The SMILES string of the molecule is Cc1ccc2cc(OCC[N+]3(C)CCCCC3)nn2c1C. The zero-order chi connectivity index (χ0) is 14.9. The Labute approximate surface area is 126 Å². The molecule has 3 heterocycles. The third-order valence-corrected chi connectivity index (χ3v) is 4.88. The van der Waals surface area contributed by atoms with Gasteiger partial charge in [-0.05, 0) is 44.7 Å². The number of likely N-dealkylation sites (tertiary alicyclic amines) is 1. The summed E-state index contributed by atoms with van der Waals surface area (Å²) in [6.45, 7) is 8.60. The van der Waals surface area contributed by atoms with Crippen LogP contribution < -0.4 is 4.74 Å². The van der Waals surface area contributed by atoms with Crippen LogP contribution in [0.15, 0.2) is 18.2 Å². The molecule has 0 spiro atoms. The minimum Gasteiger partial charge on any atom is -0.471 e. The summed E-state index contributed by atoms with van der Waals surface area (Å²) < 4.78 is 9.02. The van der Waals surface area contributed by atoms with Gasteiger partial charge in [0.05, 0.1) is 25.7 Å². The molecule has 0 unspecified atom stereocenters. The van der Waals surface area contributed by atoms with Gasteiger partial charge in [0.25, 0.3) is 0 Å². The maximum atomic E-state index is 5.91. The fourth-order valence-electron chi connectivity index (χ4n) is 3.20. The van der Waals surface area contributed by atoms with Crippen molar-refractivity contribution in [2.75, 3.05) is 33.3 Å². The van der Waals surface area contributed by atoms with E-state index in [1.807, 2.05) is 10.6 Å². The van der Waals surface area contributed by atoms with Gasteiger partial charge in [-0.15, -0.1) is 5.10 Å². The van der Waals surface area contributed by atoms with Crippen LogP contribution in [0.4, 0.5) is 0 Å². The molecule has 2 aromatic heterocycles. The van der Waals surface area contributed by atoms with E-state index in [0.29, 0.717) is 0 Å². The zero-order valence-electron chi connectivity index (χ0n) is 13.4. The Morgan fingerprint density at radius 2 is 1.95 bits per heavy atom. The van der Waals surface area contributed by atoms with Gasteiger partial charge < -0.3 is 9.22 Å². The monoisotopic (exact) mass is 288 g/mol. The second kappa shape index (κ2) is 5.68. The number of aromatic nitrogens is 2. The predicted octanol–water partition coefficient (Wildman–Crippen LogP) is 2.96. The molecule has 1 aliphatic heterocycles. The van der Waals surface area contributed by atoms with Crippen LogP contribution in [0, 0.1) is 13.8 Å². The molecule has 114 valence electrons. The van der Waals surface area contributed by atoms with Crippen LogP contribution in [0.3, 0.4) is 0 Å². The molecular formula is C17H26N3O+. The highest BCUT2D eigenvalue weighted by Gasteiger charge is 2.24. The number of hydrogen-bond donors (Lipinski definition) is 0. The Morgan fingerprint density at radius 3 is 2.71 bits per heavy atom. The summed E-state index contributed by atoms with van der Waals surface area (Å²) in [5.41, 5.74) is 3.53. The van der Waals surface area contributed by atoms with Gasteiger partial charge in [0.15, 0.2) is 0 Å². The predicted molar refractivity (Wildman–Crippen MR) is 84.8 cm³/mol. The molecule has 0 aromatic carbocycles. The first-order valence-corrected chi connectivity index (χ1v) is 8.00. The van der Waals surface area contributed by atoms with Gasteiger partial charge in [0, 0.05) is 11.8 Å². The lowest BCUT2D eigenvalue weighted by Crippen LogP contribution is -2.50. The summed E-state index contributed by atoms with van der Waals surface area (Å²) >= 11 is 0. The molecule has 21 heavy (non-hydrogen) atoms. The van der Waals surface area contributed by atoms with Crippen molar-refractivity contribution < 1.29 is 9.22 Å². The van der Waals surface area contributed by atoms with E-state index in [1.54, 1.807) is 0 Å². The molecule has 3 rings (SSSR count). The lowest BCUT2D eigenvalue weighted by Gasteiger charge is -2.37. The highest BCUT2D eigenvalue weighted by molar-refractivity contribution is 5.51. The molecule has 0 atom stereocenters. The zero-order valence-corrected chi connectivity index (χ0v) is 13.4. The Morgan fingerprint density at radius 1 is 1.19 bits per heavy atom. The number of rotatable bonds is 4. The van der Waals surface area contributed by atoms with Crippen LogP contribution in [0.2, 0.25) is 0 Å². The van der Waals surface area contributed by atoms with Crippen LogP contribution >= 0.6 is 0 Å². The Kier molecular flexibility index (Phi) is 3.89. The highest BCUT2D eigenvalue weighted by atomic mass is 16.5. The second-order valence-electron chi connectivity index (χ2n) is 6.62. The van der Waals surface area contributed by atoms with Crippen LogP contribution in [-0.2, 0) is 0 Å². The van der Waals surface area contributed by atoms with E-state index < -0.39 is 0 Å². The average Bonchev–Trinajstić information content (AvgIpc) is 2.87. The quantitative estimate of drug-likeness (QED) is 0.809. The van der Waals surface area contributed by atoms with E-state index in [1.165, 1.54) is 43.6 Å². The minimum atomic E-state index is 0.743. The van der Waals surface area contributed by atoms with Crippen molar-refractivity contribution in [3.8, 4) is 5.88 Å². The van der Waals surface area contributed by atoms with Crippen molar-refractivity contribution in [2.24, 2.45) is 0 Å². The summed E-state index contributed by atoms with van der Waals surface area (Å²) in [5, 5.41) is 4.57. The molecule has 1 aliphatic rings. The molecule has 0 N–H and O–H groups in total. The number of fused-ring (bicyclic) bond motifs is 1. The van der Waals surface area contributed by atoms with Crippen LogP contribution in [-0.4, -0.2) is 47.4 Å². The Balaban J connectivity index is 1.64. The number of aryl methyl sites for hydroxylation is 2. The molecule has 1 saturated heterocycles. The fraction of sp³-hybridized carbons (Fsp3) is 0.588. The number of hydrogen-bond acceptors (Lipinski definition) is 2. The number of likely N-dealkylation sites (N-methyl/N-ethyl adjacent to an activating group) is 1. The van der Waals surface area contributed by atoms with Crippen molar-refractivity contribution in [3.63, 3.8) is 0 Å². The van der Waals surface area contributed by atoms with Crippen LogP contribution in [0.1, 0.15) is 30.5 Å². The van der Waals surface area contributed by atoms with Crippen molar-refractivity contribution in [1.29, 1.82) is 0 Å². The molecule has 0 radical (unpaired) electrons. The van der Waals surface area contributed by atoms with Gasteiger partial charge in [-0.2, -0.15) is 0 Å². The first kappa shape index (κ1) is 14.4. The molecule has 0 bridgehead atoms. The van der Waals surface area contributed by atoms with Gasteiger partial charge in [-0.3, -0.25) is 0 Å². The van der Waals surface area contributed by atoms with Gasteiger partial charge in [0.1, 0.15) is 13.2 Å². The highest BCUT2D eigenvalue weighted by Crippen LogP contribution is 2.19. The van der Waals surface area contributed by atoms with Crippen LogP contribution in [0.5, 0.6) is 5.88 Å². The number of pyridine rings is 1. The van der Waals surface area contributed by atoms with Gasteiger partial charge >= 0.3 is 0 Å². The van der Waals surface area contributed by atoms with Gasteiger partial charge in [0.2, 0.25) is 5.88 Å². The topological polar surface area (TPSA) is 26.5 Å². The van der Waals surface area contributed by atoms with E-state index >= 15 is 0 Å². The first-order chi connectivity index (χ1) is 10.1.